The molecule has 1 N–H and O–H groups in total. The summed E-state index contributed by atoms with van der Waals surface area (Å²) in [7, 11) is 0. The van der Waals surface area contributed by atoms with Gasteiger partial charge in [-0.2, -0.15) is 0 Å². The molecule has 0 fully saturated rings. The molecule has 3 rings (SSSR count). The van der Waals surface area contributed by atoms with Crippen molar-refractivity contribution in [2.45, 2.75) is 46.6 Å². The predicted octanol–water partition coefficient (Wildman–Crippen LogP) is 4.78. The number of hydrogen-bond donors (Lipinski definition) is 1. The maximum absolute atomic E-state index is 11.4. The van der Waals surface area contributed by atoms with Crippen molar-refractivity contribution in [3.8, 4) is 0 Å². The van der Waals surface area contributed by atoms with E-state index in [0.29, 0.717) is 6.04 Å². The number of nitrogens with zero attached hydrogens (tertiary/aromatic N) is 1. The van der Waals surface area contributed by atoms with Crippen LogP contribution in [0.25, 0.3) is 0 Å². The van der Waals surface area contributed by atoms with E-state index in [0.717, 1.165) is 36.2 Å². The average Bonchev–Trinajstić information content (AvgIpc) is 2.56. The summed E-state index contributed by atoms with van der Waals surface area (Å²) in [4.78, 5) is 13.9. The minimum absolute atomic E-state index is 0.0178. The van der Waals surface area contributed by atoms with Gasteiger partial charge in [0.15, 0.2) is 0 Å². The van der Waals surface area contributed by atoms with Gasteiger partial charge in [-0.1, -0.05) is 30.3 Å². The first-order chi connectivity index (χ1) is 11.5. The zero-order chi connectivity index (χ0) is 17.3. The standard InChI is InChI=1S/C21H26N2O/c1-5-23-19-9-7-6-8-17(19)10-11-20(23)18-12-14(2)21(15(3)13-18)22-16(4)24/h6-9,12-13,20H,5,10-11H2,1-4H3,(H,22,24). The summed E-state index contributed by atoms with van der Waals surface area (Å²) >= 11 is 0. The molecule has 2 aromatic rings. The highest BCUT2D eigenvalue weighted by molar-refractivity contribution is 5.90. The van der Waals surface area contributed by atoms with Crippen LogP contribution in [0.5, 0.6) is 0 Å². The molecule has 0 spiro atoms. The molecule has 1 atom stereocenters. The Morgan fingerprint density at radius 1 is 1.21 bits per heavy atom. The number of anilines is 2. The third-order valence-corrected chi connectivity index (χ3v) is 4.95. The number of hydrogen-bond acceptors (Lipinski definition) is 2. The normalized spacial score (nSPS) is 16.7. The van der Waals surface area contributed by atoms with Gasteiger partial charge in [-0.25, -0.2) is 0 Å². The Hall–Kier alpha value is -2.29. The maximum Gasteiger partial charge on any atom is 0.221 e. The van der Waals surface area contributed by atoms with Crippen LogP contribution in [-0.2, 0) is 11.2 Å². The Balaban J connectivity index is 1.99. The molecule has 0 aliphatic carbocycles. The molecule has 1 unspecified atom stereocenters. The summed E-state index contributed by atoms with van der Waals surface area (Å²) in [5.74, 6) is -0.0178. The average molecular weight is 322 g/mol. The second-order valence-electron chi connectivity index (χ2n) is 6.68. The van der Waals surface area contributed by atoms with Gasteiger partial charge in [0.25, 0.3) is 0 Å². The third-order valence-electron chi connectivity index (χ3n) is 4.95. The van der Waals surface area contributed by atoms with Gasteiger partial charge < -0.3 is 10.2 Å². The van der Waals surface area contributed by atoms with Gasteiger partial charge in [0.05, 0.1) is 6.04 Å². The van der Waals surface area contributed by atoms with Crippen LogP contribution in [0.4, 0.5) is 11.4 Å². The van der Waals surface area contributed by atoms with Crippen LogP contribution in [0.2, 0.25) is 0 Å². The number of para-hydroxylation sites is 1. The SMILES string of the molecule is CCN1c2ccccc2CCC1c1cc(C)c(NC(C)=O)c(C)c1. The molecule has 1 amide bonds. The lowest BCUT2D eigenvalue weighted by Crippen LogP contribution is -2.33. The lowest BCUT2D eigenvalue weighted by molar-refractivity contribution is -0.114. The molecule has 1 aliphatic rings. The lowest BCUT2D eigenvalue weighted by atomic mass is 9.89. The third kappa shape index (κ3) is 3.03. The number of carbonyl (C=O) groups excluding carboxylic acids is 1. The van der Waals surface area contributed by atoms with E-state index in [4.69, 9.17) is 0 Å². The maximum atomic E-state index is 11.4. The van der Waals surface area contributed by atoms with E-state index in [1.165, 1.54) is 16.8 Å². The van der Waals surface area contributed by atoms with Gasteiger partial charge in [0.2, 0.25) is 5.91 Å². The summed E-state index contributed by atoms with van der Waals surface area (Å²) in [6.07, 6.45) is 2.24. The highest BCUT2D eigenvalue weighted by atomic mass is 16.1. The van der Waals surface area contributed by atoms with E-state index in [2.05, 4.69) is 67.4 Å². The van der Waals surface area contributed by atoms with E-state index in [1.807, 2.05) is 0 Å². The van der Waals surface area contributed by atoms with Crippen molar-refractivity contribution in [1.29, 1.82) is 0 Å². The second-order valence-corrected chi connectivity index (χ2v) is 6.68. The van der Waals surface area contributed by atoms with E-state index in [1.54, 1.807) is 6.92 Å². The van der Waals surface area contributed by atoms with Crippen LogP contribution >= 0.6 is 0 Å². The number of amides is 1. The highest BCUT2D eigenvalue weighted by Gasteiger charge is 2.26. The minimum Gasteiger partial charge on any atom is -0.365 e. The van der Waals surface area contributed by atoms with Crippen LogP contribution < -0.4 is 10.2 Å². The lowest BCUT2D eigenvalue weighted by Gasteiger charge is -2.39. The fourth-order valence-corrected chi connectivity index (χ4v) is 3.92. The van der Waals surface area contributed by atoms with Crippen molar-refractivity contribution in [3.63, 3.8) is 0 Å². The molecule has 0 radical (unpaired) electrons. The van der Waals surface area contributed by atoms with Crippen LogP contribution in [0.3, 0.4) is 0 Å². The number of rotatable bonds is 3. The van der Waals surface area contributed by atoms with E-state index in [9.17, 15) is 4.79 Å². The Labute approximate surface area is 144 Å². The van der Waals surface area contributed by atoms with Crippen molar-refractivity contribution < 1.29 is 4.79 Å². The second kappa shape index (κ2) is 6.68. The van der Waals surface area contributed by atoms with E-state index in [-0.39, 0.29) is 5.91 Å². The smallest absolute Gasteiger partial charge is 0.221 e. The molecule has 0 saturated heterocycles. The van der Waals surface area contributed by atoms with Crippen LogP contribution in [0.15, 0.2) is 36.4 Å². The minimum atomic E-state index is -0.0178. The summed E-state index contributed by atoms with van der Waals surface area (Å²) in [5.41, 5.74) is 7.36. The number of carbonyl (C=O) groups is 1. The molecule has 1 heterocycles. The van der Waals surface area contributed by atoms with Gasteiger partial charge in [-0.15, -0.1) is 0 Å². The van der Waals surface area contributed by atoms with Crippen molar-refractivity contribution >= 4 is 17.3 Å². The number of fused-ring (bicyclic) bond motifs is 1. The summed E-state index contributed by atoms with van der Waals surface area (Å²) in [5, 5.41) is 2.96. The molecule has 0 bridgehead atoms. The Morgan fingerprint density at radius 2 is 1.88 bits per heavy atom. The molecule has 3 heteroatoms. The fourth-order valence-electron chi connectivity index (χ4n) is 3.92. The first kappa shape index (κ1) is 16.6. The number of benzene rings is 2. The van der Waals surface area contributed by atoms with E-state index < -0.39 is 0 Å². The first-order valence-corrected chi connectivity index (χ1v) is 8.74. The topological polar surface area (TPSA) is 32.3 Å². The van der Waals surface area contributed by atoms with Gasteiger partial charge in [-0.3, -0.25) is 4.79 Å². The zero-order valence-electron chi connectivity index (χ0n) is 15.0. The van der Waals surface area contributed by atoms with Gasteiger partial charge in [0, 0.05) is 24.8 Å². The Bertz CT molecular complexity index is 743. The molecular weight excluding hydrogens is 296 g/mol. The first-order valence-electron chi connectivity index (χ1n) is 8.74. The van der Waals surface area contributed by atoms with Crippen LogP contribution in [0.1, 0.15) is 48.6 Å². The molecule has 1 aliphatic heterocycles. The number of aryl methyl sites for hydroxylation is 3. The van der Waals surface area contributed by atoms with E-state index >= 15 is 0 Å². The number of nitrogens with one attached hydrogen (secondary N) is 1. The highest BCUT2D eigenvalue weighted by Crippen LogP contribution is 2.39. The molecule has 126 valence electrons. The molecule has 2 aromatic carbocycles. The van der Waals surface area contributed by atoms with Crippen molar-refractivity contribution in [3.05, 3.63) is 58.7 Å². The predicted molar refractivity (Wildman–Crippen MR) is 101 cm³/mol. The molecular formula is C21H26N2O. The fraction of sp³-hybridized carbons (Fsp3) is 0.381. The molecule has 24 heavy (non-hydrogen) atoms. The zero-order valence-corrected chi connectivity index (χ0v) is 15.0. The monoisotopic (exact) mass is 322 g/mol. The summed E-state index contributed by atoms with van der Waals surface area (Å²) in [6, 6.07) is 13.6. The summed E-state index contributed by atoms with van der Waals surface area (Å²) in [6.45, 7) is 8.93. The molecule has 0 aromatic heterocycles. The van der Waals surface area contributed by atoms with Crippen LogP contribution in [0, 0.1) is 13.8 Å². The molecule has 3 nitrogen and oxygen atoms in total. The summed E-state index contributed by atoms with van der Waals surface area (Å²) < 4.78 is 0. The largest absolute Gasteiger partial charge is 0.365 e. The van der Waals surface area contributed by atoms with Crippen molar-refractivity contribution in [2.24, 2.45) is 0 Å². The van der Waals surface area contributed by atoms with Crippen molar-refractivity contribution in [2.75, 3.05) is 16.8 Å². The Kier molecular flexibility index (Phi) is 4.61. The van der Waals surface area contributed by atoms with Crippen molar-refractivity contribution in [1.82, 2.24) is 0 Å². The molecule has 0 saturated carbocycles. The Morgan fingerprint density at radius 3 is 2.50 bits per heavy atom. The van der Waals surface area contributed by atoms with Gasteiger partial charge >= 0.3 is 0 Å². The van der Waals surface area contributed by atoms with Crippen LogP contribution in [-0.4, -0.2) is 12.5 Å². The quantitative estimate of drug-likeness (QED) is 0.882. The van der Waals surface area contributed by atoms with Gasteiger partial charge in [-0.05, 0) is 61.9 Å². The van der Waals surface area contributed by atoms with Gasteiger partial charge in [0.1, 0.15) is 0 Å².